The highest BCUT2D eigenvalue weighted by Gasteiger charge is 2.37. The van der Waals surface area contributed by atoms with E-state index >= 15 is 0 Å². The fourth-order valence-electron chi connectivity index (χ4n) is 3.62. The summed E-state index contributed by atoms with van der Waals surface area (Å²) in [5, 5.41) is 10.5. The maximum atomic E-state index is 10.5. The minimum atomic E-state index is -0.116. The molecule has 2 nitrogen and oxygen atoms in total. The summed E-state index contributed by atoms with van der Waals surface area (Å²) in [7, 11) is 0. The first-order chi connectivity index (χ1) is 7.72. The maximum Gasteiger partial charge on any atom is 0.0626 e. The fourth-order valence-corrected chi connectivity index (χ4v) is 3.62. The van der Waals surface area contributed by atoms with E-state index in [9.17, 15) is 5.11 Å². The molecule has 2 heteroatoms. The van der Waals surface area contributed by atoms with Crippen molar-refractivity contribution in [3.05, 3.63) is 0 Å². The van der Waals surface area contributed by atoms with Gasteiger partial charge in [0.05, 0.1) is 12.2 Å². The standard InChI is InChI=1S/C14H26O2/c1-3-13-12(7-8-16-13)14(15)11-6-4-5-10(2)9-11/h10-15H,3-9H2,1-2H3. The topological polar surface area (TPSA) is 29.5 Å². The summed E-state index contributed by atoms with van der Waals surface area (Å²) in [5.41, 5.74) is 0. The van der Waals surface area contributed by atoms with Crippen molar-refractivity contribution in [2.45, 2.75) is 64.6 Å². The van der Waals surface area contributed by atoms with Gasteiger partial charge in [-0.2, -0.15) is 0 Å². The van der Waals surface area contributed by atoms with Crippen molar-refractivity contribution in [2.24, 2.45) is 17.8 Å². The second kappa shape index (κ2) is 5.50. The zero-order valence-corrected chi connectivity index (χ0v) is 10.7. The highest BCUT2D eigenvalue weighted by molar-refractivity contribution is 4.87. The molecule has 0 aromatic rings. The molecule has 2 fully saturated rings. The van der Waals surface area contributed by atoms with Crippen molar-refractivity contribution >= 4 is 0 Å². The van der Waals surface area contributed by atoms with Gasteiger partial charge in [0.2, 0.25) is 0 Å². The Hall–Kier alpha value is -0.0800. The van der Waals surface area contributed by atoms with Gasteiger partial charge in [-0.05, 0) is 37.5 Å². The zero-order valence-electron chi connectivity index (χ0n) is 10.7. The van der Waals surface area contributed by atoms with Gasteiger partial charge in [-0.25, -0.2) is 0 Å². The molecule has 0 bridgehead atoms. The molecular formula is C14H26O2. The van der Waals surface area contributed by atoms with E-state index < -0.39 is 0 Å². The third kappa shape index (κ3) is 2.60. The maximum absolute atomic E-state index is 10.5. The average molecular weight is 226 g/mol. The Morgan fingerprint density at radius 1 is 1.31 bits per heavy atom. The first kappa shape index (κ1) is 12.4. The number of hydrogen-bond acceptors (Lipinski definition) is 2. The molecule has 5 unspecified atom stereocenters. The number of ether oxygens (including phenoxy) is 1. The lowest BCUT2D eigenvalue weighted by Gasteiger charge is -2.34. The zero-order chi connectivity index (χ0) is 11.5. The summed E-state index contributed by atoms with van der Waals surface area (Å²) in [6.45, 7) is 5.34. The molecule has 0 amide bonds. The molecular weight excluding hydrogens is 200 g/mol. The van der Waals surface area contributed by atoms with Crippen LogP contribution in [0.5, 0.6) is 0 Å². The lowest BCUT2D eigenvalue weighted by Crippen LogP contribution is -2.36. The van der Waals surface area contributed by atoms with E-state index in [4.69, 9.17) is 4.74 Å². The molecule has 1 heterocycles. The molecule has 1 aliphatic heterocycles. The van der Waals surface area contributed by atoms with Crippen LogP contribution in [0.1, 0.15) is 52.4 Å². The third-order valence-electron chi connectivity index (χ3n) is 4.56. The van der Waals surface area contributed by atoms with Crippen LogP contribution in [0.15, 0.2) is 0 Å². The van der Waals surface area contributed by atoms with E-state index in [0.29, 0.717) is 17.9 Å². The molecule has 16 heavy (non-hydrogen) atoms. The van der Waals surface area contributed by atoms with Gasteiger partial charge in [0, 0.05) is 12.5 Å². The van der Waals surface area contributed by atoms with E-state index in [1.54, 1.807) is 0 Å². The van der Waals surface area contributed by atoms with Crippen molar-refractivity contribution in [1.29, 1.82) is 0 Å². The predicted octanol–water partition coefficient (Wildman–Crippen LogP) is 2.99. The Morgan fingerprint density at radius 3 is 2.81 bits per heavy atom. The summed E-state index contributed by atoms with van der Waals surface area (Å²) < 4.78 is 5.69. The van der Waals surface area contributed by atoms with Crippen LogP contribution in [0.3, 0.4) is 0 Å². The molecule has 5 atom stereocenters. The Bertz CT molecular complexity index is 217. The number of rotatable bonds is 3. The Kier molecular flexibility index (Phi) is 4.26. The second-order valence-electron chi connectivity index (χ2n) is 5.79. The van der Waals surface area contributed by atoms with Gasteiger partial charge in [0.25, 0.3) is 0 Å². The van der Waals surface area contributed by atoms with Gasteiger partial charge >= 0.3 is 0 Å². The summed E-state index contributed by atoms with van der Waals surface area (Å²) >= 11 is 0. The van der Waals surface area contributed by atoms with Crippen LogP contribution in [-0.2, 0) is 4.74 Å². The lowest BCUT2D eigenvalue weighted by atomic mass is 9.74. The molecule has 0 radical (unpaired) electrons. The number of aliphatic hydroxyl groups excluding tert-OH is 1. The van der Waals surface area contributed by atoms with Crippen molar-refractivity contribution in [3.8, 4) is 0 Å². The molecule has 1 saturated carbocycles. The monoisotopic (exact) mass is 226 g/mol. The van der Waals surface area contributed by atoms with E-state index in [0.717, 1.165) is 25.4 Å². The van der Waals surface area contributed by atoms with Gasteiger partial charge in [-0.15, -0.1) is 0 Å². The van der Waals surface area contributed by atoms with Crippen LogP contribution >= 0.6 is 0 Å². The minimum absolute atomic E-state index is 0.116. The van der Waals surface area contributed by atoms with Gasteiger partial charge in [-0.3, -0.25) is 0 Å². The Balaban J connectivity index is 1.92. The van der Waals surface area contributed by atoms with Crippen LogP contribution in [0, 0.1) is 17.8 Å². The Morgan fingerprint density at radius 2 is 2.12 bits per heavy atom. The molecule has 2 rings (SSSR count). The fraction of sp³-hybridized carbons (Fsp3) is 1.00. The van der Waals surface area contributed by atoms with Crippen LogP contribution in [0.4, 0.5) is 0 Å². The molecule has 1 saturated heterocycles. The number of aliphatic hydroxyl groups is 1. The van der Waals surface area contributed by atoms with Crippen molar-refractivity contribution in [1.82, 2.24) is 0 Å². The summed E-state index contributed by atoms with van der Waals surface area (Å²) in [5.74, 6) is 1.74. The predicted molar refractivity (Wildman–Crippen MR) is 65.3 cm³/mol. The highest BCUT2D eigenvalue weighted by Crippen LogP contribution is 2.37. The molecule has 0 aromatic carbocycles. The molecule has 94 valence electrons. The largest absolute Gasteiger partial charge is 0.392 e. The Labute approximate surface area is 99.4 Å². The molecule has 0 aromatic heterocycles. The first-order valence-electron chi connectivity index (χ1n) is 7.02. The molecule has 1 aliphatic carbocycles. The smallest absolute Gasteiger partial charge is 0.0626 e. The van der Waals surface area contributed by atoms with Crippen molar-refractivity contribution < 1.29 is 9.84 Å². The van der Waals surface area contributed by atoms with E-state index in [-0.39, 0.29) is 6.10 Å². The van der Waals surface area contributed by atoms with Crippen molar-refractivity contribution in [2.75, 3.05) is 6.61 Å². The summed E-state index contributed by atoms with van der Waals surface area (Å²) in [6.07, 6.45) is 7.39. The first-order valence-corrected chi connectivity index (χ1v) is 7.02. The van der Waals surface area contributed by atoms with E-state index in [1.165, 1.54) is 25.7 Å². The summed E-state index contributed by atoms with van der Waals surface area (Å²) in [4.78, 5) is 0. The lowest BCUT2D eigenvalue weighted by molar-refractivity contribution is -0.0127. The summed E-state index contributed by atoms with van der Waals surface area (Å²) in [6, 6.07) is 0. The number of hydrogen-bond donors (Lipinski definition) is 1. The second-order valence-corrected chi connectivity index (χ2v) is 5.79. The SMILES string of the molecule is CCC1OCCC1C(O)C1CCCC(C)C1. The molecule has 2 aliphatic rings. The van der Waals surface area contributed by atoms with E-state index in [2.05, 4.69) is 13.8 Å². The van der Waals surface area contributed by atoms with Gasteiger partial charge in [0.1, 0.15) is 0 Å². The van der Waals surface area contributed by atoms with Crippen LogP contribution in [-0.4, -0.2) is 23.9 Å². The minimum Gasteiger partial charge on any atom is -0.392 e. The normalized spacial score (nSPS) is 42.2. The van der Waals surface area contributed by atoms with Gasteiger partial charge < -0.3 is 9.84 Å². The highest BCUT2D eigenvalue weighted by atomic mass is 16.5. The van der Waals surface area contributed by atoms with Crippen LogP contribution < -0.4 is 0 Å². The van der Waals surface area contributed by atoms with Gasteiger partial charge in [0.15, 0.2) is 0 Å². The third-order valence-corrected chi connectivity index (χ3v) is 4.56. The average Bonchev–Trinajstić information content (AvgIpc) is 2.76. The van der Waals surface area contributed by atoms with Crippen molar-refractivity contribution in [3.63, 3.8) is 0 Å². The molecule has 1 N–H and O–H groups in total. The molecule has 0 spiro atoms. The quantitative estimate of drug-likeness (QED) is 0.801. The van der Waals surface area contributed by atoms with Gasteiger partial charge in [-0.1, -0.05) is 26.7 Å². The van der Waals surface area contributed by atoms with E-state index in [1.807, 2.05) is 0 Å². The van der Waals surface area contributed by atoms with Crippen LogP contribution in [0.2, 0.25) is 0 Å². The van der Waals surface area contributed by atoms with Crippen LogP contribution in [0.25, 0.3) is 0 Å².